The first-order valence-electron chi connectivity index (χ1n) is 16.1. The van der Waals surface area contributed by atoms with Crippen LogP contribution in [0.25, 0.3) is 22.4 Å². The molecule has 2 aromatic carbocycles. The first-order valence-corrected chi connectivity index (χ1v) is 17.3. The van der Waals surface area contributed by atoms with Gasteiger partial charge in [0.1, 0.15) is 11.6 Å². The number of amides is 1. The molecule has 12 nitrogen and oxygen atoms in total. The summed E-state index contributed by atoms with van der Waals surface area (Å²) in [7, 11) is 3.03. The van der Waals surface area contributed by atoms with Crippen LogP contribution in [0.1, 0.15) is 36.0 Å². The lowest BCUT2D eigenvalue weighted by atomic mass is 9.99. The molecule has 2 aromatic heterocycles. The SMILES string of the molecule is COc1nc(-c2cccc(-c3cccc(COc4nc(OC)c(CNC[C@@H](O)CC(=O)O)cc4Cl)c3Cl)c2Cl)ccc1CNC[C@@H]1CCC(=O)N1. The van der Waals surface area contributed by atoms with Crippen molar-refractivity contribution < 1.29 is 34.0 Å². The molecule has 1 amide bonds. The first-order chi connectivity index (χ1) is 24.6. The number of benzene rings is 2. The molecule has 0 radical (unpaired) electrons. The number of rotatable bonds is 17. The Balaban J connectivity index is 1.29. The number of methoxy groups -OCH3 is 2. The molecule has 3 heterocycles. The van der Waals surface area contributed by atoms with E-state index in [2.05, 4.69) is 20.9 Å². The average Bonchev–Trinajstić information content (AvgIpc) is 3.53. The quantitative estimate of drug-likeness (QED) is 0.0903. The monoisotopic (exact) mass is 757 g/mol. The second-order valence-corrected chi connectivity index (χ2v) is 13.0. The molecule has 4 aromatic rings. The topological polar surface area (TPSA) is 164 Å². The van der Waals surface area contributed by atoms with E-state index in [1.165, 1.54) is 7.11 Å². The molecule has 270 valence electrons. The van der Waals surface area contributed by atoms with Crippen LogP contribution in [0.15, 0.2) is 54.6 Å². The summed E-state index contributed by atoms with van der Waals surface area (Å²) >= 11 is 20.5. The predicted molar refractivity (Wildman–Crippen MR) is 195 cm³/mol. The Kier molecular flexibility index (Phi) is 13.3. The van der Waals surface area contributed by atoms with Gasteiger partial charge in [-0.2, -0.15) is 4.98 Å². The van der Waals surface area contributed by atoms with Crippen molar-refractivity contribution in [3.63, 3.8) is 0 Å². The zero-order chi connectivity index (χ0) is 36.5. The van der Waals surface area contributed by atoms with Gasteiger partial charge in [0.2, 0.25) is 23.5 Å². The fourth-order valence-electron chi connectivity index (χ4n) is 5.67. The van der Waals surface area contributed by atoms with Crippen molar-refractivity contribution in [2.45, 2.75) is 51.1 Å². The Labute approximate surface area is 310 Å². The number of nitrogens with zero attached hydrogens (tertiary/aromatic N) is 2. The maximum Gasteiger partial charge on any atom is 0.306 e. The van der Waals surface area contributed by atoms with Crippen molar-refractivity contribution >= 4 is 46.7 Å². The highest BCUT2D eigenvalue weighted by Crippen LogP contribution is 2.40. The molecule has 0 saturated carbocycles. The van der Waals surface area contributed by atoms with Crippen molar-refractivity contribution in [2.75, 3.05) is 27.3 Å². The number of hydrogen-bond acceptors (Lipinski definition) is 10. The Morgan fingerprint density at radius 1 is 0.902 bits per heavy atom. The molecule has 5 N–H and O–H groups in total. The van der Waals surface area contributed by atoms with Crippen molar-refractivity contribution in [3.05, 3.63) is 86.4 Å². The van der Waals surface area contributed by atoms with Gasteiger partial charge >= 0.3 is 5.97 Å². The van der Waals surface area contributed by atoms with Gasteiger partial charge in [-0.25, -0.2) is 4.98 Å². The molecule has 2 atom stereocenters. The molecule has 15 heteroatoms. The van der Waals surface area contributed by atoms with Gasteiger partial charge in [-0.05, 0) is 18.6 Å². The maximum absolute atomic E-state index is 11.5. The van der Waals surface area contributed by atoms with E-state index in [0.717, 1.165) is 12.0 Å². The zero-order valence-corrected chi connectivity index (χ0v) is 30.2. The van der Waals surface area contributed by atoms with Crippen LogP contribution in [0.2, 0.25) is 15.1 Å². The van der Waals surface area contributed by atoms with E-state index in [9.17, 15) is 14.7 Å². The van der Waals surface area contributed by atoms with Crippen molar-refractivity contribution in [1.29, 1.82) is 0 Å². The van der Waals surface area contributed by atoms with Crippen LogP contribution in [0.4, 0.5) is 0 Å². The Hall–Kier alpha value is -4.17. The van der Waals surface area contributed by atoms with Crippen molar-refractivity contribution in [1.82, 2.24) is 25.9 Å². The molecule has 0 spiro atoms. The summed E-state index contributed by atoms with van der Waals surface area (Å²) in [5.41, 5.74) is 4.87. The molecule has 51 heavy (non-hydrogen) atoms. The number of nitrogens with one attached hydrogen (secondary N) is 3. The smallest absolute Gasteiger partial charge is 0.306 e. The van der Waals surface area contributed by atoms with Crippen LogP contribution < -0.4 is 30.2 Å². The van der Waals surface area contributed by atoms with Gasteiger partial charge in [0.15, 0.2) is 0 Å². The number of carbonyl (C=O) groups is 2. The summed E-state index contributed by atoms with van der Waals surface area (Å²) in [5, 5.41) is 29.1. The van der Waals surface area contributed by atoms with E-state index in [-0.39, 0.29) is 54.8 Å². The average molecular weight is 759 g/mol. The van der Waals surface area contributed by atoms with Gasteiger partial charge in [-0.3, -0.25) is 9.59 Å². The highest BCUT2D eigenvalue weighted by molar-refractivity contribution is 6.38. The summed E-state index contributed by atoms with van der Waals surface area (Å²) in [5.74, 6) is -0.149. The number of ether oxygens (including phenoxy) is 3. The third-order valence-electron chi connectivity index (χ3n) is 8.21. The maximum atomic E-state index is 11.5. The highest BCUT2D eigenvalue weighted by atomic mass is 35.5. The lowest BCUT2D eigenvalue weighted by Gasteiger charge is -2.16. The number of aliphatic carboxylic acids is 1. The highest BCUT2D eigenvalue weighted by Gasteiger charge is 2.21. The Bertz CT molecular complexity index is 1880. The van der Waals surface area contributed by atoms with Crippen molar-refractivity contribution in [3.8, 4) is 40.0 Å². The van der Waals surface area contributed by atoms with Gasteiger partial charge in [-0.1, -0.05) is 77.3 Å². The molecule has 1 fully saturated rings. The third-order valence-corrected chi connectivity index (χ3v) is 9.34. The number of pyridine rings is 2. The lowest BCUT2D eigenvalue weighted by Crippen LogP contribution is -2.35. The predicted octanol–water partition coefficient (Wildman–Crippen LogP) is 5.66. The normalized spacial score (nSPS) is 14.6. The zero-order valence-electron chi connectivity index (χ0n) is 28.0. The van der Waals surface area contributed by atoms with E-state index in [4.69, 9.17) is 59.1 Å². The summed E-state index contributed by atoms with van der Waals surface area (Å²) in [6, 6.07) is 16.8. The Morgan fingerprint density at radius 3 is 2.29 bits per heavy atom. The third kappa shape index (κ3) is 9.79. The summed E-state index contributed by atoms with van der Waals surface area (Å²) in [4.78, 5) is 31.4. The molecule has 1 aliphatic rings. The molecule has 1 saturated heterocycles. The summed E-state index contributed by atoms with van der Waals surface area (Å²) < 4.78 is 17.0. The minimum absolute atomic E-state index is 0.0419. The fraction of sp³-hybridized carbons (Fsp3) is 0.333. The van der Waals surface area contributed by atoms with Gasteiger partial charge in [0.25, 0.3) is 0 Å². The van der Waals surface area contributed by atoms with Crippen LogP contribution in [0.3, 0.4) is 0 Å². The number of aliphatic hydroxyl groups is 1. The van der Waals surface area contributed by atoms with Crippen LogP contribution in [0, 0.1) is 0 Å². The fourth-order valence-corrected chi connectivity index (χ4v) is 6.51. The summed E-state index contributed by atoms with van der Waals surface area (Å²) in [6.45, 7) is 1.51. The molecular formula is C36H38Cl3N5O7. The standard InChI is InChI=1S/C36H38Cl3N5O7/c1-49-34-20(15-40-17-23-10-12-30(46)42-23)9-11-29(43-34)27-8-4-7-26(33(27)39)25-6-3-5-21(32(25)38)19-51-36-28(37)13-22(35(44-36)50-2)16-41-18-24(45)14-31(47)48/h3-9,11,13,23-24,40-41,45H,10,12,14-19H2,1-2H3,(H,42,46)(H,47,48)/t23-,24-/m0/s1. The molecule has 1 aliphatic heterocycles. The van der Waals surface area contributed by atoms with E-state index in [1.54, 1.807) is 13.2 Å². The molecule has 5 rings (SSSR count). The summed E-state index contributed by atoms with van der Waals surface area (Å²) in [6.07, 6.45) is -0.0478. The van der Waals surface area contributed by atoms with Crippen LogP contribution in [-0.4, -0.2) is 71.5 Å². The number of carboxylic acid groups (broad SMARTS) is 1. The number of aliphatic hydroxyl groups excluding tert-OH is 1. The minimum atomic E-state index is -1.09. The number of halogens is 3. The molecule has 0 aliphatic carbocycles. The number of carboxylic acids is 1. The van der Waals surface area contributed by atoms with Gasteiger partial charge in [-0.15, -0.1) is 0 Å². The van der Waals surface area contributed by atoms with Crippen molar-refractivity contribution in [2.24, 2.45) is 0 Å². The number of carbonyl (C=O) groups excluding carboxylic acids is 1. The second kappa shape index (κ2) is 17.9. The Morgan fingerprint density at radius 2 is 1.59 bits per heavy atom. The lowest BCUT2D eigenvalue weighted by molar-refractivity contribution is -0.139. The van der Waals surface area contributed by atoms with Crippen LogP contribution in [0.5, 0.6) is 17.6 Å². The molecule has 0 unspecified atom stereocenters. The van der Waals surface area contributed by atoms with Gasteiger partial charge in [0, 0.05) is 72.0 Å². The number of hydrogen-bond donors (Lipinski definition) is 5. The molecule has 0 bridgehead atoms. The number of aromatic nitrogens is 2. The van der Waals surface area contributed by atoms with E-state index in [1.807, 2.05) is 48.5 Å². The van der Waals surface area contributed by atoms with E-state index in [0.29, 0.717) is 68.9 Å². The second-order valence-electron chi connectivity index (χ2n) is 11.9. The van der Waals surface area contributed by atoms with Gasteiger partial charge < -0.3 is 40.4 Å². The molecular weight excluding hydrogens is 721 g/mol. The van der Waals surface area contributed by atoms with Gasteiger partial charge in [0.05, 0.1) is 42.5 Å². The minimum Gasteiger partial charge on any atom is -0.481 e. The van der Waals surface area contributed by atoms with E-state index >= 15 is 0 Å². The first kappa shape index (κ1) is 38.1. The van der Waals surface area contributed by atoms with E-state index < -0.39 is 12.1 Å². The largest absolute Gasteiger partial charge is 0.481 e. The van der Waals surface area contributed by atoms with Crippen LogP contribution in [-0.2, 0) is 29.3 Å². The van der Waals surface area contributed by atoms with Crippen LogP contribution >= 0.6 is 34.8 Å².